The molecule has 1 saturated heterocycles. The standard InChI is InChI=1S/C23H26F2N2O4/c1-2-30-23(29)27-12-10-17(11-13-27)21(28)26-19-8-9-20(31-22(24)25)18(15-19)14-16-6-4-3-5-7-16/h3-9,15,17,22H,2,10-14H2,1H3,(H,26,28). The first-order valence-corrected chi connectivity index (χ1v) is 10.3. The fourth-order valence-electron chi connectivity index (χ4n) is 3.61. The third kappa shape index (κ3) is 6.41. The van der Waals surface area contributed by atoms with Gasteiger partial charge in [0.25, 0.3) is 0 Å². The molecule has 1 N–H and O–H groups in total. The summed E-state index contributed by atoms with van der Waals surface area (Å²) in [6, 6.07) is 14.1. The van der Waals surface area contributed by atoms with E-state index in [1.807, 2.05) is 30.3 Å². The van der Waals surface area contributed by atoms with Gasteiger partial charge in [-0.15, -0.1) is 0 Å². The van der Waals surface area contributed by atoms with E-state index in [1.165, 1.54) is 6.07 Å². The smallest absolute Gasteiger partial charge is 0.409 e. The molecule has 1 heterocycles. The normalized spacial score (nSPS) is 14.4. The Kier molecular flexibility index (Phi) is 7.81. The highest BCUT2D eigenvalue weighted by Gasteiger charge is 2.28. The lowest BCUT2D eigenvalue weighted by Gasteiger charge is -2.30. The molecule has 0 spiro atoms. The Morgan fingerprint density at radius 3 is 2.48 bits per heavy atom. The number of ether oxygens (including phenoxy) is 2. The van der Waals surface area contributed by atoms with Gasteiger partial charge in [-0.1, -0.05) is 30.3 Å². The largest absolute Gasteiger partial charge is 0.450 e. The molecule has 0 aromatic heterocycles. The van der Waals surface area contributed by atoms with E-state index < -0.39 is 6.61 Å². The predicted molar refractivity (Wildman–Crippen MR) is 112 cm³/mol. The van der Waals surface area contributed by atoms with Crippen LogP contribution < -0.4 is 10.1 Å². The predicted octanol–water partition coefficient (Wildman–Crippen LogP) is 4.69. The third-order valence-electron chi connectivity index (χ3n) is 5.17. The molecular weight excluding hydrogens is 406 g/mol. The number of anilines is 1. The number of piperidine rings is 1. The number of benzene rings is 2. The number of nitrogens with one attached hydrogen (secondary N) is 1. The lowest BCUT2D eigenvalue weighted by Crippen LogP contribution is -2.41. The van der Waals surface area contributed by atoms with Crippen LogP contribution in [-0.4, -0.2) is 43.2 Å². The van der Waals surface area contributed by atoms with Crippen molar-refractivity contribution in [2.75, 3.05) is 25.0 Å². The van der Waals surface area contributed by atoms with E-state index in [4.69, 9.17) is 4.74 Å². The van der Waals surface area contributed by atoms with Crippen LogP contribution in [0.1, 0.15) is 30.9 Å². The number of nitrogens with zero attached hydrogens (tertiary/aromatic N) is 1. The zero-order chi connectivity index (χ0) is 22.2. The summed E-state index contributed by atoms with van der Waals surface area (Å²) in [5, 5.41) is 2.87. The highest BCUT2D eigenvalue weighted by atomic mass is 19.3. The van der Waals surface area contributed by atoms with Crippen molar-refractivity contribution in [2.24, 2.45) is 5.92 Å². The second-order valence-electron chi connectivity index (χ2n) is 7.31. The second-order valence-corrected chi connectivity index (χ2v) is 7.31. The number of hydrogen-bond donors (Lipinski definition) is 1. The van der Waals surface area contributed by atoms with Gasteiger partial charge in [0.2, 0.25) is 5.91 Å². The molecule has 3 rings (SSSR count). The van der Waals surface area contributed by atoms with Crippen LogP contribution in [0.3, 0.4) is 0 Å². The van der Waals surface area contributed by atoms with Crippen LogP contribution in [0.25, 0.3) is 0 Å². The van der Waals surface area contributed by atoms with Crippen molar-refractivity contribution in [1.29, 1.82) is 0 Å². The van der Waals surface area contributed by atoms with Crippen molar-refractivity contribution in [3.8, 4) is 5.75 Å². The number of amides is 2. The molecule has 1 fully saturated rings. The average molecular weight is 432 g/mol. The Labute approximate surface area is 180 Å². The molecular formula is C23H26F2N2O4. The van der Waals surface area contributed by atoms with E-state index in [9.17, 15) is 18.4 Å². The fourth-order valence-corrected chi connectivity index (χ4v) is 3.61. The first kappa shape index (κ1) is 22.5. The van der Waals surface area contributed by atoms with Crippen LogP contribution in [0.15, 0.2) is 48.5 Å². The van der Waals surface area contributed by atoms with Crippen molar-refractivity contribution in [2.45, 2.75) is 32.8 Å². The Morgan fingerprint density at radius 2 is 1.84 bits per heavy atom. The third-order valence-corrected chi connectivity index (χ3v) is 5.17. The van der Waals surface area contributed by atoms with E-state index in [0.29, 0.717) is 50.2 Å². The highest BCUT2D eigenvalue weighted by Crippen LogP contribution is 2.28. The molecule has 0 unspecified atom stereocenters. The molecule has 1 aliphatic rings. The number of carbonyl (C=O) groups excluding carboxylic acids is 2. The maximum atomic E-state index is 12.8. The summed E-state index contributed by atoms with van der Waals surface area (Å²) in [7, 11) is 0. The molecule has 31 heavy (non-hydrogen) atoms. The van der Waals surface area contributed by atoms with Crippen LogP contribution in [0.4, 0.5) is 19.3 Å². The van der Waals surface area contributed by atoms with Gasteiger partial charge in [-0.3, -0.25) is 4.79 Å². The van der Waals surface area contributed by atoms with E-state index in [1.54, 1.807) is 24.0 Å². The van der Waals surface area contributed by atoms with Crippen molar-refractivity contribution in [1.82, 2.24) is 4.90 Å². The zero-order valence-electron chi connectivity index (χ0n) is 17.4. The maximum absolute atomic E-state index is 12.8. The number of likely N-dealkylation sites (tertiary alicyclic amines) is 1. The monoisotopic (exact) mass is 432 g/mol. The summed E-state index contributed by atoms with van der Waals surface area (Å²) in [5.41, 5.74) is 2.02. The van der Waals surface area contributed by atoms with Gasteiger partial charge in [0, 0.05) is 36.7 Å². The van der Waals surface area contributed by atoms with Crippen molar-refractivity contribution in [3.05, 3.63) is 59.7 Å². The molecule has 1 aliphatic heterocycles. The van der Waals surface area contributed by atoms with E-state index in [0.717, 1.165) is 5.56 Å². The molecule has 0 aliphatic carbocycles. The summed E-state index contributed by atoms with van der Waals surface area (Å²) in [6.07, 6.45) is 1.11. The molecule has 6 nitrogen and oxygen atoms in total. The molecule has 0 saturated carbocycles. The van der Waals surface area contributed by atoms with E-state index in [2.05, 4.69) is 10.1 Å². The Balaban J connectivity index is 1.66. The van der Waals surface area contributed by atoms with Gasteiger partial charge in [0.1, 0.15) is 5.75 Å². The molecule has 0 radical (unpaired) electrons. The van der Waals surface area contributed by atoms with Gasteiger partial charge >= 0.3 is 12.7 Å². The minimum Gasteiger partial charge on any atom is -0.450 e. The summed E-state index contributed by atoms with van der Waals surface area (Å²) >= 11 is 0. The first-order valence-electron chi connectivity index (χ1n) is 10.3. The molecule has 8 heteroatoms. The van der Waals surface area contributed by atoms with Crippen molar-refractivity contribution < 1.29 is 27.8 Å². The SMILES string of the molecule is CCOC(=O)N1CCC(C(=O)Nc2ccc(OC(F)F)c(Cc3ccccc3)c2)CC1. The van der Waals surface area contributed by atoms with Gasteiger partial charge in [0.15, 0.2) is 0 Å². The number of carbonyl (C=O) groups is 2. The van der Waals surface area contributed by atoms with Crippen LogP contribution in [0.5, 0.6) is 5.75 Å². The fraction of sp³-hybridized carbons (Fsp3) is 0.391. The van der Waals surface area contributed by atoms with Crippen LogP contribution in [0.2, 0.25) is 0 Å². The number of halogens is 2. The zero-order valence-corrected chi connectivity index (χ0v) is 17.4. The highest BCUT2D eigenvalue weighted by molar-refractivity contribution is 5.93. The Morgan fingerprint density at radius 1 is 1.13 bits per heavy atom. The summed E-state index contributed by atoms with van der Waals surface area (Å²) in [6.45, 7) is 0.0475. The molecule has 0 bridgehead atoms. The summed E-state index contributed by atoms with van der Waals surface area (Å²) in [5.74, 6) is -0.309. The quantitative estimate of drug-likeness (QED) is 0.690. The Bertz CT molecular complexity index is 884. The molecule has 166 valence electrons. The Hall–Kier alpha value is -3.16. The minimum atomic E-state index is -2.93. The van der Waals surface area contributed by atoms with Gasteiger partial charge in [-0.2, -0.15) is 8.78 Å². The van der Waals surface area contributed by atoms with Gasteiger partial charge in [-0.05, 0) is 43.5 Å². The lowest BCUT2D eigenvalue weighted by atomic mass is 9.96. The van der Waals surface area contributed by atoms with Crippen LogP contribution >= 0.6 is 0 Å². The molecule has 0 atom stereocenters. The topological polar surface area (TPSA) is 67.9 Å². The average Bonchev–Trinajstić information content (AvgIpc) is 2.76. The van der Waals surface area contributed by atoms with E-state index >= 15 is 0 Å². The minimum absolute atomic E-state index is 0.0830. The van der Waals surface area contributed by atoms with Gasteiger partial charge in [-0.25, -0.2) is 4.79 Å². The van der Waals surface area contributed by atoms with Crippen LogP contribution in [0, 0.1) is 5.92 Å². The summed E-state index contributed by atoms with van der Waals surface area (Å²) in [4.78, 5) is 26.1. The number of rotatable bonds is 7. The molecule has 2 aromatic rings. The van der Waals surface area contributed by atoms with Gasteiger partial charge in [0.05, 0.1) is 6.61 Å². The molecule has 2 aromatic carbocycles. The maximum Gasteiger partial charge on any atom is 0.409 e. The van der Waals surface area contributed by atoms with Crippen molar-refractivity contribution in [3.63, 3.8) is 0 Å². The number of alkyl halides is 2. The second kappa shape index (κ2) is 10.7. The van der Waals surface area contributed by atoms with Crippen LogP contribution in [-0.2, 0) is 16.0 Å². The first-order chi connectivity index (χ1) is 15.0. The lowest BCUT2D eigenvalue weighted by molar-refractivity contribution is -0.121. The number of hydrogen-bond acceptors (Lipinski definition) is 4. The van der Waals surface area contributed by atoms with Crippen molar-refractivity contribution >= 4 is 17.7 Å². The molecule has 2 amide bonds. The summed E-state index contributed by atoms with van der Waals surface area (Å²) < 4.78 is 35.2. The van der Waals surface area contributed by atoms with Gasteiger partial charge < -0.3 is 19.7 Å². The van der Waals surface area contributed by atoms with E-state index in [-0.39, 0.29) is 23.7 Å².